The first kappa shape index (κ1) is 18.9. The Morgan fingerprint density at radius 3 is 2.62 bits per heavy atom. The molecule has 2 aromatic carbocycles. The van der Waals surface area contributed by atoms with Crippen LogP contribution in [0.3, 0.4) is 0 Å². The third-order valence-electron chi connectivity index (χ3n) is 4.48. The number of carboxylic acids is 1. The second-order valence-corrected chi connectivity index (χ2v) is 6.80. The lowest BCUT2D eigenvalue weighted by Crippen LogP contribution is -2.28. The molecule has 0 aliphatic heterocycles. The van der Waals surface area contributed by atoms with Crippen molar-refractivity contribution in [1.82, 2.24) is 19.6 Å². The molecule has 0 amide bonds. The lowest BCUT2D eigenvalue weighted by atomic mass is 10.1. The number of carboxylic acid groups (broad SMARTS) is 1. The van der Waals surface area contributed by atoms with Crippen LogP contribution in [0.25, 0.3) is 21.7 Å². The smallest absolute Gasteiger partial charge is 0.325 e. The topological polar surface area (TPSA) is 99.2 Å². The SMILES string of the molecule is CCOc1ccc2nn(Cc3nn(CC(=O)O)c(=O)c4ccccc34)cc2c1Cl. The van der Waals surface area contributed by atoms with Gasteiger partial charge in [0.05, 0.1) is 34.8 Å². The summed E-state index contributed by atoms with van der Waals surface area (Å²) in [6.07, 6.45) is 1.78. The van der Waals surface area contributed by atoms with Gasteiger partial charge < -0.3 is 9.84 Å². The van der Waals surface area contributed by atoms with Gasteiger partial charge in [-0.1, -0.05) is 29.8 Å². The number of rotatable bonds is 6. The monoisotopic (exact) mass is 412 g/mol. The van der Waals surface area contributed by atoms with Crippen molar-refractivity contribution >= 4 is 39.2 Å². The van der Waals surface area contributed by atoms with Crippen molar-refractivity contribution in [2.75, 3.05) is 6.61 Å². The molecule has 4 rings (SSSR count). The summed E-state index contributed by atoms with van der Waals surface area (Å²) in [4.78, 5) is 23.7. The Labute approximate surface area is 169 Å². The van der Waals surface area contributed by atoms with Crippen LogP contribution in [0.15, 0.2) is 47.4 Å². The van der Waals surface area contributed by atoms with Crippen molar-refractivity contribution < 1.29 is 14.6 Å². The minimum Gasteiger partial charge on any atom is -0.492 e. The Morgan fingerprint density at radius 1 is 1.14 bits per heavy atom. The van der Waals surface area contributed by atoms with Crippen molar-refractivity contribution in [1.29, 1.82) is 0 Å². The average Bonchev–Trinajstić information content (AvgIpc) is 3.11. The summed E-state index contributed by atoms with van der Waals surface area (Å²) in [5, 5.41) is 20.2. The molecule has 8 nitrogen and oxygen atoms in total. The number of carbonyl (C=O) groups is 1. The Kier molecular flexibility index (Phi) is 4.94. The number of aromatic nitrogens is 4. The van der Waals surface area contributed by atoms with Gasteiger partial charge in [-0.3, -0.25) is 14.3 Å². The van der Waals surface area contributed by atoms with Gasteiger partial charge in [-0.25, -0.2) is 4.68 Å². The van der Waals surface area contributed by atoms with Crippen molar-refractivity contribution in [3.05, 3.63) is 63.7 Å². The fourth-order valence-electron chi connectivity index (χ4n) is 3.25. The molecule has 0 bridgehead atoms. The summed E-state index contributed by atoms with van der Waals surface area (Å²) in [5.41, 5.74) is 0.791. The molecule has 0 aliphatic rings. The van der Waals surface area contributed by atoms with Crippen LogP contribution in [-0.2, 0) is 17.9 Å². The first-order chi connectivity index (χ1) is 14.0. The Hall–Kier alpha value is -3.39. The fraction of sp³-hybridized carbons (Fsp3) is 0.200. The Bertz CT molecular complexity index is 1300. The summed E-state index contributed by atoms with van der Waals surface area (Å²) in [6.45, 7) is 2.11. The van der Waals surface area contributed by atoms with E-state index in [2.05, 4.69) is 10.2 Å². The third-order valence-corrected chi connectivity index (χ3v) is 4.87. The van der Waals surface area contributed by atoms with Crippen LogP contribution in [0.5, 0.6) is 5.75 Å². The number of hydrogen-bond donors (Lipinski definition) is 1. The van der Waals surface area contributed by atoms with Crippen LogP contribution in [0, 0.1) is 0 Å². The van der Waals surface area contributed by atoms with Crippen molar-refractivity contribution in [3.8, 4) is 5.75 Å². The van der Waals surface area contributed by atoms with Crippen LogP contribution in [-0.4, -0.2) is 37.2 Å². The number of fused-ring (bicyclic) bond motifs is 2. The maximum Gasteiger partial charge on any atom is 0.325 e. The molecule has 0 fully saturated rings. The minimum absolute atomic E-state index is 0.245. The largest absolute Gasteiger partial charge is 0.492 e. The van der Waals surface area contributed by atoms with Gasteiger partial charge in [0.1, 0.15) is 12.3 Å². The van der Waals surface area contributed by atoms with Gasteiger partial charge >= 0.3 is 5.97 Å². The second kappa shape index (κ2) is 7.56. The van der Waals surface area contributed by atoms with Crippen LogP contribution >= 0.6 is 11.6 Å². The maximum atomic E-state index is 12.5. The molecule has 0 saturated heterocycles. The number of aliphatic carboxylic acids is 1. The van der Waals surface area contributed by atoms with Gasteiger partial charge in [0, 0.05) is 17.0 Å². The predicted molar refractivity (Wildman–Crippen MR) is 109 cm³/mol. The van der Waals surface area contributed by atoms with Crippen molar-refractivity contribution in [2.45, 2.75) is 20.0 Å². The highest BCUT2D eigenvalue weighted by Crippen LogP contribution is 2.32. The summed E-state index contributed by atoms with van der Waals surface area (Å²) in [5.74, 6) is -0.555. The number of benzene rings is 2. The molecule has 9 heteroatoms. The molecule has 4 aromatic rings. The van der Waals surface area contributed by atoms with E-state index in [4.69, 9.17) is 21.4 Å². The average molecular weight is 413 g/mol. The maximum absolute atomic E-state index is 12.5. The molecule has 2 heterocycles. The van der Waals surface area contributed by atoms with E-state index >= 15 is 0 Å². The van der Waals surface area contributed by atoms with Crippen LogP contribution < -0.4 is 10.3 Å². The van der Waals surface area contributed by atoms with E-state index < -0.39 is 18.1 Å². The van der Waals surface area contributed by atoms with E-state index in [0.29, 0.717) is 39.4 Å². The molecule has 2 aromatic heterocycles. The summed E-state index contributed by atoms with van der Waals surface area (Å²) in [7, 11) is 0. The zero-order chi connectivity index (χ0) is 20.5. The number of nitrogens with zero attached hydrogens (tertiary/aromatic N) is 4. The number of ether oxygens (including phenoxy) is 1. The summed E-state index contributed by atoms with van der Waals surface area (Å²) in [6, 6.07) is 10.6. The molecule has 29 heavy (non-hydrogen) atoms. The van der Waals surface area contributed by atoms with Crippen LogP contribution in [0.1, 0.15) is 12.6 Å². The molecule has 0 saturated carbocycles. The number of hydrogen-bond acceptors (Lipinski definition) is 5. The predicted octanol–water partition coefficient (Wildman–Crippen LogP) is 2.93. The van der Waals surface area contributed by atoms with E-state index in [0.717, 1.165) is 10.1 Å². The zero-order valence-electron chi connectivity index (χ0n) is 15.5. The molecule has 1 N–H and O–H groups in total. The van der Waals surface area contributed by atoms with Gasteiger partial charge in [-0.15, -0.1) is 0 Å². The van der Waals surface area contributed by atoms with Gasteiger partial charge in [0.2, 0.25) is 0 Å². The van der Waals surface area contributed by atoms with Crippen LogP contribution in [0.4, 0.5) is 0 Å². The Morgan fingerprint density at radius 2 is 1.90 bits per heavy atom. The Balaban J connectivity index is 1.81. The van der Waals surface area contributed by atoms with Gasteiger partial charge in [-0.2, -0.15) is 10.2 Å². The minimum atomic E-state index is -1.14. The lowest BCUT2D eigenvalue weighted by Gasteiger charge is -2.09. The quantitative estimate of drug-likeness (QED) is 0.522. The molecule has 148 valence electrons. The molecule has 0 unspecified atom stereocenters. The molecule has 0 aliphatic carbocycles. The first-order valence-corrected chi connectivity index (χ1v) is 9.34. The third kappa shape index (κ3) is 3.54. The highest BCUT2D eigenvalue weighted by atomic mass is 35.5. The summed E-state index contributed by atoms with van der Waals surface area (Å²) >= 11 is 6.43. The fourth-order valence-corrected chi connectivity index (χ4v) is 3.51. The number of halogens is 1. The summed E-state index contributed by atoms with van der Waals surface area (Å²) < 4.78 is 8.15. The van der Waals surface area contributed by atoms with Gasteiger partial charge in [0.25, 0.3) is 5.56 Å². The van der Waals surface area contributed by atoms with Crippen molar-refractivity contribution in [2.24, 2.45) is 0 Å². The van der Waals surface area contributed by atoms with E-state index in [1.807, 2.05) is 13.0 Å². The lowest BCUT2D eigenvalue weighted by molar-refractivity contribution is -0.138. The highest BCUT2D eigenvalue weighted by molar-refractivity contribution is 6.36. The van der Waals surface area contributed by atoms with E-state index in [-0.39, 0.29) is 6.54 Å². The standard InChI is InChI=1S/C20H17ClN4O4/c1-2-29-17-8-7-15-14(19(17)21)9-24(22-15)10-16-12-5-3-4-6-13(12)20(28)25(23-16)11-18(26)27/h3-9H,2,10-11H2,1H3,(H,26,27). The zero-order valence-corrected chi connectivity index (χ0v) is 16.3. The first-order valence-electron chi connectivity index (χ1n) is 8.97. The normalized spacial score (nSPS) is 11.2. The van der Waals surface area contributed by atoms with E-state index in [1.165, 1.54) is 0 Å². The van der Waals surface area contributed by atoms with Gasteiger partial charge in [-0.05, 0) is 25.1 Å². The van der Waals surface area contributed by atoms with Gasteiger partial charge in [0.15, 0.2) is 0 Å². The van der Waals surface area contributed by atoms with Crippen molar-refractivity contribution in [3.63, 3.8) is 0 Å². The second-order valence-electron chi connectivity index (χ2n) is 6.42. The van der Waals surface area contributed by atoms with E-state index in [9.17, 15) is 9.59 Å². The molecule has 0 radical (unpaired) electrons. The van der Waals surface area contributed by atoms with Crippen LogP contribution in [0.2, 0.25) is 5.02 Å². The molecule has 0 spiro atoms. The highest BCUT2D eigenvalue weighted by Gasteiger charge is 2.15. The van der Waals surface area contributed by atoms with E-state index in [1.54, 1.807) is 41.2 Å². The molecular weight excluding hydrogens is 396 g/mol. The molecule has 0 atom stereocenters. The molecular formula is C20H17ClN4O4.